The zero-order valence-electron chi connectivity index (χ0n) is 14.1. The van der Waals surface area contributed by atoms with Gasteiger partial charge in [0.1, 0.15) is 10.6 Å². The Labute approximate surface area is 148 Å². The normalized spacial score (nSPS) is 12.3. The summed E-state index contributed by atoms with van der Waals surface area (Å²) in [5.74, 6) is -0.345. The first-order chi connectivity index (χ1) is 12.0. The largest absolute Gasteiger partial charge is 0.465 e. The minimum atomic E-state index is -0.476. The second kappa shape index (κ2) is 7.10. The maximum atomic E-state index is 12.3. The minimum absolute atomic E-state index is 0.290. The van der Waals surface area contributed by atoms with Crippen molar-refractivity contribution in [2.45, 2.75) is 31.2 Å². The van der Waals surface area contributed by atoms with Crippen molar-refractivity contribution in [2.24, 2.45) is 0 Å². The number of aryl methyl sites for hydroxylation is 1. The maximum absolute atomic E-state index is 12.3. The second-order valence-corrected chi connectivity index (χ2v) is 6.84. The van der Waals surface area contributed by atoms with E-state index in [0.29, 0.717) is 22.8 Å². The van der Waals surface area contributed by atoms with Crippen LogP contribution in [0.2, 0.25) is 0 Å². The molecule has 0 spiro atoms. The van der Waals surface area contributed by atoms with Crippen LogP contribution in [0.25, 0.3) is 16.7 Å². The smallest absolute Gasteiger partial charge is 0.319 e. The number of thioether (sulfide) groups is 1. The number of ether oxygens (including phenoxy) is 1. The van der Waals surface area contributed by atoms with Crippen molar-refractivity contribution in [2.75, 3.05) is 6.61 Å². The molecule has 130 valence electrons. The highest BCUT2D eigenvalue weighted by Crippen LogP contribution is 2.22. The van der Waals surface area contributed by atoms with Crippen LogP contribution in [-0.2, 0) is 9.53 Å². The molecule has 1 aromatic carbocycles. The average Bonchev–Trinajstić information content (AvgIpc) is 3.00. The highest BCUT2D eigenvalue weighted by Gasteiger charge is 2.19. The zero-order valence-corrected chi connectivity index (χ0v) is 15.0. The molecule has 3 aromatic rings. The molecular formula is C17H18N4O3S. The number of benzene rings is 1. The zero-order chi connectivity index (χ0) is 18.0. The lowest BCUT2D eigenvalue weighted by Crippen LogP contribution is -2.18. The molecule has 0 amide bonds. The fourth-order valence-corrected chi connectivity index (χ4v) is 3.09. The second-order valence-electron chi connectivity index (χ2n) is 5.51. The molecular weight excluding hydrogens is 340 g/mol. The lowest BCUT2D eigenvalue weighted by atomic mass is 10.2. The van der Waals surface area contributed by atoms with Crippen molar-refractivity contribution in [1.82, 2.24) is 19.7 Å². The first kappa shape index (κ1) is 17.2. The number of esters is 1. The summed E-state index contributed by atoms with van der Waals surface area (Å²) in [5, 5.41) is 4.55. The molecule has 0 bridgehead atoms. The molecule has 3 rings (SSSR count). The van der Waals surface area contributed by atoms with Gasteiger partial charge < -0.3 is 9.72 Å². The first-order valence-corrected chi connectivity index (χ1v) is 8.76. The molecule has 0 aliphatic carbocycles. The summed E-state index contributed by atoms with van der Waals surface area (Å²) < 4.78 is 6.60. The number of aromatic amines is 1. The topological polar surface area (TPSA) is 89.9 Å². The molecule has 1 atom stereocenters. The summed E-state index contributed by atoms with van der Waals surface area (Å²) in [6, 6.07) is 7.76. The third-order valence-electron chi connectivity index (χ3n) is 3.60. The summed E-state index contributed by atoms with van der Waals surface area (Å²) in [6.45, 7) is 5.78. The number of nitrogens with one attached hydrogen (secondary N) is 1. The van der Waals surface area contributed by atoms with Gasteiger partial charge in [-0.05, 0) is 32.9 Å². The fourth-order valence-electron chi connectivity index (χ4n) is 2.30. The third-order valence-corrected chi connectivity index (χ3v) is 4.56. The summed E-state index contributed by atoms with van der Waals surface area (Å²) >= 11 is 1.15. The van der Waals surface area contributed by atoms with Crippen LogP contribution in [0.4, 0.5) is 0 Å². The number of hydrogen-bond donors (Lipinski definition) is 1. The number of carbonyl (C=O) groups excluding carboxylic acids is 1. The van der Waals surface area contributed by atoms with Gasteiger partial charge in [-0.2, -0.15) is 5.10 Å². The van der Waals surface area contributed by atoms with Crippen LogP contribution < -0.4 is 5.56 Å². The van der Waals surface area contributed by atoms with Gasteiger partial charge in [-0.15, -0.1) is 0 Å². The summed E-state index contributed by atoms with van der Waals surface area (Å²) in [4.78, 5) is 31.2. The molecule has 0 radical (unpaired) electrons. The summed E-state index contributed by atoms with van der Waals surface area (Å²) in [6.07, 6.45) is 1.49. The van der Waals surface area contributed by atoms with Crippen molar-refractivity contribution >= 4 is 28.8 Å². The summed E-state index contributed by atoms with van der Waals surface area (Å²) in [5.41, 5.74) is 2.10. The van der Waals surface area contributed by atoms with Crippen LogP contribution in [-0.4, -0.2) is 37.6 Å². The Hall–Kier alpha value is -2.61. The fraction of sp³-hybridized carbons (Fsp3) is 0.294. The lowest BCUT2D eigenvalue weighted by Gasteiger charge is -2.09. The van der Waals surface area contributed by atoms with Crippen molar-refractivity contribution in [1.29, 1.82) is 0 Å². The number of aromatic nitrogens is 4. The monoisotopic (exact) mass is 358 g/mol. The van der Waals surface area contributed by atoms with E-state index in [0.717, 1.165) is 23.0 Å². The number of rotatable bonds is 5. The van der Waals surface area contributed by atoms with Gasteiger partial charge in [0.2, 0.25) is 0 Å². The molecule has 2 heterocycles. The predicted molar refractivity (Wildman–Crippen MR) is 96.2 cm³/mol. The van der Waals surface area contributed by atoms with Gasteiger partial charge in [0.05, 0.1) is 18.5 Å². The van der Waals surface area contributed by atoms with Crippen molar-refractivity contribution in [3.8, 4) is 5.69 Å². The number of hydrogen-bond acceptors (Lipinski definition) is 6. The molecule has 25 heavy (non-hydrogen) atoms. The average molecular weight is 358 g/mol. The van der Waals surface area contributed by atoms with Gasteiger partial charge in [0, 0.05) is 0 Å². The molecule has 0 aliphatic rings. The molecule has 0 fully saturated rings. The Morgan fingerprint density at radius 3 is 2.76 bits per heavy atom. The van der Waals surface area contributed by atoms with Crippen LogP contribution in [0.1, 0.15) is 19.4 Å². The van der Waals surface area contributed by atoms with E-state index < -0.39 is 5.25 Å². The Morgan fingerprint density at radius 1 is 1.36 bits per heavy atom. The Kier molecular flexibility index (Phi) is 4.89. The number of carbonyl (C=O) groups is 1. The van der Waals surface area contributed by atoms with Gasteiger partial charge in [-0.25, -0.2) is 9.67 Å². The molecule has 7 nitrogen and oxygen atoms in total. The van der Waals surface area contributed by atoms with E-state index in [1.54, 1.807) is 18.5 Å². The van der Waals surface area contributed by atoms with E-state index >= 15 is 0 Å². The Morgan fingerprint density at radius 2 is 2.08 bits per heavy atom. The van der Waals surface area contributed by atoms with Gasteiger partial charge in [-0.1, -0.05) is 29.5 Å². The van der Waals surface area contributed by atoms with E-state index in [4.69, 9.17) is 4.74 Å². The van der Waals surface area contributed by atoms with Crippen LogP contribution >= 0.6 is 11.8 Å². The van der Waals surface area contributed by atoms with Gasteiger partial charge in [0.25, 0.3) is 5.56 Å². The lowest BCUT2D eigenvalue weighted by molar-refractivity contribution is -0.142. The van der Waals surface area contributed by atoms with E-state index in [1.165, 1.54) is 6.20 Å². The van der Waals surface area contributed by atoms with Gasteiger partial charge in [0.15, 0.2) is 10.8 Å². The number of nitrogens with zero attached hydrogens (tertiary/aromatic N) is 3. The van der Waals surface area contributed by atoms with Crippen LogP contribution in [0.15, 0.2) is 40.4 Å². The van der Waals surface area contributed by atoms with Crippen molar-refractivity contribution in [3.63, 3.8) is 0 Å². The maximum Gasteiger partial charge on any atom is 0.319 e. The first-order valence-electron chi connectivity index (χ1n) is 7.88. The van der Waals surface area contributed by atoms with Crippen LogP contribution in [0.5, 0.6) is 0 Å². The number of fused-ring (bicyclic) bond motifs is 1. The van der Waals surface area contributed by atoms with Crippen molar-refractivity contribution in [3.05, 3.63) is 46.4 Å². The molecule has 0 saturated carbocycles. The Bertz CT molecular complexity index is 962. The molecule has 0 saturated heterocycles. The third kappa shape index (κ3) is 3.58. The predicted octanol–water partition coefficient (Wildman–Crippen LogP) is 2.46. The minimum Gasteiger partial charge on any atom is -0.465 e. The quantitative estimate of drug-likeness (QED) is 0.428. The van der Waals surface area contributed by atoms with Crippen LogP contribution in [0.3, 0.4) is 0 Å². The van der Waals surface area contributed by atoms with E-state index in [2.05, 4.69) is 15.1 Å². The highest BCUT2D eigenvalue weighted by atomic mass is 32.2. The van der Waals surface area contributed by atoms with Crippen LogP contribution in [0, 0.1) is 6.92 Å². The summed E-state index contributed by atoms with van der Waals surface area (Å²) in [7, 11) is 0. The number of H-pyrrole nitrogens is 1. The molecule has 1 unspecified atom stereocenters. The van der Waals surface area contributed by atoms with Gasteiger partial charge in [-0.3, -0.25) is 9.59 Å². The van der Waals surface area contributed by atoms with E-state index in [-0.39, 0.29) is 11.5 Å². The Balaban J connectivity index is 2.00. The van der Waals surface area contributed by atoms with E-state index in [1.807, 2.05) is 31.2 Å². The van der Waals surface area contributed by atoms with E-state index in [9.17, 15) is 9.59 Å². The molecule has 2 aromatic heterocycles. The molecule has 8 heteroatoms. The SMILES string of the molecule is CCOC(=O)C(C)Sc1nc2c(cnn2-c2ccc(C)cc2)c(=O)[nH]1. The molecule has 0 aliphatic heterocycles. The highest BCUT2D eigenvalue weighted by molar-refractivity contribution is 8.00. The standard InChI is InChI=1S/C17H18N4O3S/c1-4-24-16(23)11(3)25-17-19-14-13(15(22)20-17)9-18-21(14)12-7-5-10(2)6-8-12/h5-9,11H,4H2,1-3H3,(H,19,20,22). The molecule has 1 N–H and O–H groups in total. The van der Waals surface area contributed by atoms with Gasteiger partial charge >= 0.3 is 5.97 Å². The van der Waals surface area contributed by atoms with Crippen molar-refractivity contribution < 1.29 is 9.53 Å².